The monoisotopic (exact) mass is 533 g/mol. The molecule has 8 rings (SSSR count). The van der Waals surface area contributed by atoms with Gasteiger partial charge in [-0.1, -0.05) is 48.5 Å². The maximum absolute atomic E-state index is 13.6. The van der Waals surface area contributed by atoms with E-state index >= 15 is 0 Å². The molecule has 2 amide bonds. The molecule has 6 heteroatoms. The number of carbonyl (C=O) groups excluding carboxylic acids is 2. The largest absolute Gasteiger partial charge is 0.413 e. The molecular formula is C34H35N3O3. The zero-order valence-corrected chi connectivity index (χ0v) is 22.6. The van der Waals surface area contributed by atoms with Gasteiger partial charge < -0.3 is 20.4 Å². The number of para-hydroxylation sites is 2. The van der Waals surface area contributed by atoms with Gasteiger partial charge in [-0.2, -0.15) is 0 Å². The van der Waals surface area contributed by atoms with Crippen LogP contribution in [0, 0.1) is 17.8 Å². The zero-order valence-electron chi connectivity index (χ0n) is 22.6. The van der Waals surface area contributed by atoms with E-state index in [1.807, 2.05) is 48.7 Å². The Kier molecular flexibility index (Phi) is 6.34. The highest BCUT2D eigenvalue weighted by molar-refractivity contribution is 5.97. The number of benzene rings is 3. The van der Waals surface area contributed by atoms with Crippen LogP contribution in [0.25, 0.3) is 10.9 Å². The van der Waals surface area contributed by atoms with Crippen molar-refractivity contribution < 1.29 is 14.3 Å². The molecule has 0 spiro atoms. The molecule has 4 saturated carbocycles. The second-order valence-corrected chi connectivity index (χ2v) is 12.2. The molecule has 0 saturated heterocycles. The third-order valence-corrected chi connectivity index (χ3v) is 9.46. The number of hydrogen-bond acceptors (Lipinski definition) is 3. The first-order valence-electron chi connectivity index (χ1n) is 14.5. The molecule has 0 radical (unpaired) electrons. The summed E-state index contributed by atoms with van der Waals surface area (Å²) in [7, 11) is 0. The minimum Gasteiger partial charge on any atom is -0.410 e. The molecule has 4 aromatic rings. The van der Waals surface area contributed by atoms with Crippen LogP contribution in [0.2, 0.25) is 0 Å². The first-order valence-corrected chi connectivity index (χ1v) is 14.5. The van der Waals surface area contributed by atoms with E-state index in [1.54, 1.807) is 24.3 Å². The van der Waals surface area contributed by atoms with Crippen molar-refractivity contribution in [1.82, 2.24) is 10.3 Å². The second-order valence-electron chi connectivity index (χ2n) is 12.2. The van der Waals surface area contributed by atoms with Crippen LogP contribution in [-0.2, 0) is 16.6 Å². The van der Waals surface area contributed by atoms with Crippen LogP contribution in [-0.4, -0.2) is 23.0 Å². The van der Waals surface area contributed by atoms with E-state index in [4.69, 9.17) is 4.74 Å². The molecule has 1 heterocycles. The number of aromatic amines is 1. The molecule has 1 atom stereocenters. The average molecular weight is 534 g/mol. The van der Waals surface area contributed by atoms with Crippen LogP contribution in [0.3, 0.4) is 0 Å². The molecule has 40 heavy (non-hydrogen) atoms. The van der Waals surface area contributed by atoms with Gasteiger partial charge >= 0.3 is 6.09 Å². The van der Waals surface area contributed by atoms with Crippen molar-refractivity contribution in [2.24, 2.45) is 17.8 Å². The zero-order chi connectivity index (χ0) is 27.1. The highest BCUT2D eigenvalue weighted by atomic mass is 16.6. The van der Waals surface area contributed by atoms with E-state index in [0.717, 1.165) is 39.9 Å². The predicted molar refractivity (Wildman–Crippen MR) is 156 cm³/mol. The van der Waals surface area contributed by atoms with Crippen LogP contribution in [0.1, 0.15) is 49.7 Å². The maximum atomic E-state index is 13.6. The van der Waals surface area contributed by atoms with E-state index in [9.17, 15) is 9.59 Å². The minimum absolute atomic E-state index is 0.280. The summed E-state index contributed by atoms with van der Waals surface area (Å²) in [6.07, 6.45) is 9.75. The van der Waals surface area contributed by atoms with Crippen molar-refractivity contribution in [3.8, 4) is 5.75 Å². The second kappa shape index (κ2) is 10.2. The van der Waals surface area contributed by atoms with E-state index in [1.165, 1.54) is 44.1 Å². The predicted octanol–water partition coefficient (Wildman–Crippen LogP) is 6.97. The van der Waals surface area contributed by atoms with Crippen LogP contribution in [0.5, 0.6) is 5.75 Å². The van der Waals surface area contributed by atoms with Gasteiger partial charge in [0.15, 0.2) is 0 Å². The van der Waals surface area contributed by atoms with Crippen LogP contribution >= 0.6 is 0 Å². The van der Waals surface area contributed by atoms with Crippen molar-refractivity contribution in [3.05, 3.63) is 96.2 Å². The third-order valence-electron chi connectivity index (χ3n) is 9.46. The molecule has 4 bridgehead atoms. The molecular weight excluding hydrogens is 498 g/mol. The SMILES string of the molecule is O=C(N[C@@H](Cc1c[nH]c2ccccc12)C(=O)Nc1ccc(C23CC4CC(CC(C4)C2)C3)cc1)Oc1ccccc1. The number of ether oxygens (including phenoxy) is 1. The summed E-state index contributed by atoms with van der Waals surface area (Å²) < 4.78 is 5.45. The van der Waals surface area contributed by atoms with Gasteiger partial charge in [-0.3, -0.25) is 4.79 Å². The Balaban J connectivity index is 1.08. The van der Waals surface area contributed by atoms with E-state index in [2.05, 4.69) is 27.8 Å². The molecule has 4 aliphatic carbocycles. The number of nitrogens with one attached hydrogen (secondary N) is 3. The van der Waals surface area contributed by atoms with Crippen LogP contribution < -0.4 is 15.4 Å². The van der Waals surface area contributed by atoms with Crippen molar-refractivity contribution in [2.75, 3.05) is 5.32 Å². The number of hydrogen-bond donors (Lipinski definition) is 3. The molecule has 204 valence electrons. The van der Waals surface area contributed by atoms with Crippen LogP contribution in [0.4, 0.5) is 10.5 Å². The maximum Gasteiger partial charge on any atom is 0.413 e. The third kappa shape index (κ3) is 4.87. The number of anilines is 1. The lowest BCUT2D eigenvalue weighted by atomic mass is 9.48. The Morgan fingerprint density at radius 1 is 0.850 bits per heavy atom. The van der Waals surface area contributed by atoms with E-state index in [0.29, 0.717) is 17.6 Å². The van der Waals surface area contributed by atoms with Gasteiger partial charge in [-0.25, -0.2) is 4.79 Å². The highest BCUT2D eigenvalue weighted by Gasteiger charge is 2.51. The number of H-pyrrole nitrogens is 1. The van der Waals surface area contributed by atoms with Gasteiger partial charge in [0.05, 0.1) is 0 Å². The van der Waals surface area contributed by atoms with Gasteiger partial charge in [0.1, 0.15) is 11.8 Å². The number of rotatable bonds is 7. The lowest BCUT2D eigenvalue weighted by Gasteiger charge is -2.57. The van der Waals surface area contributed by atoms with Crippen LogP contribution in [0.15, 0.2) is 85.1 Å². The van der Waals surface area contributed by atoms with Gasteiger partial charge in [-0.15, -0.1) is 0 Å². The summed E-state index contributed by atoms with van der Waals surface area (Å²) in [4.78, 5) is 29.6. The van der Waals surface area contributed by atoms with Gasteiger partial charge in [0.25, 0.3) is 0 Å². The van der Waals surface area contributed by atoms with Gasteiger partial charge in [0, 0.05) is 29.2 Å². The topological polar surface area (TPSA) is 83.2 Å². The number of fused-ring (bicyclic) bond motifs is 1. The lowest BCUT2D eigenvalue weighted by Crippen LogP contribution is -2.48. The first-order chi connectivity index (χ1) is 19.5. The molecule has 6 nitrogen and oxygen atoms in total. The summed E-state index contributed by atoms with van der Waals surface area (Å²) in [5.74, 6) is 2.80. The Hall–Kier alpha value is -4.06. The molecule has 1 aromatic heterocycles. The molecule has 3 N–H and O–H groups in total. The first kappa shape index (κ1) is 24.9. The lowest BCUT2D eigenvalue weighted by molar-refractivity contribution is -0.118. The standard InChI is InChI=1S/C34H35N3O3/c38-32(36-27-12-10-26(11-13-27)34-18-22-14-23(19-34)16-24(15-22)20-34)31(37-33(39)40-28-6-2-1-3-7-28)17-25-21-35-30-9-5-4-8-29(25)30/h1-13,21-24,31,35H,14-20H2,(H,36,38)(H,37,39)/t22?,23?,24?,31-,34?/m0/s1. The Labute approximate surface area is 234 Å². The Bertz CT molecular complexity index is 1490. The molecule has 4 aliphatic rings. The number of carbonyl (C=O) groups is 2. The molecule has 0 unspecified atom stereocenters. The van der Waals surface area contributed by atoms with Crippen molar-refractivity contribution in [3.63, 3.8) is 0 Å². The molecule has 4 fully saturated rings. The summed E-state index contributed by atoms with van der Waals surface area (Å²) >= 11 is 0. The van der Waals surface area contributed by atoms with Crippen molar-refractivity contribution in [1.29, 1.82) is 0 Å². The quantitative estimate of drug-likeness (QED) is 0.240. The summed E-state index contributed by atoms with van der Waals surface area (Å²) in [5.41, 5.74) is 4.42. The highest BCUT2D eigenvalue weighted by Crippen LogP contribution is 2.60. The fourth-order valence-electron chi connectivity index (χ4n) is 8.10. The van der Waals surface area contributed by atoms with Crippen molar-refractivity contribution >= 4 is 28.6 Å². The van der Waals surface area contributed by atoms with Gasteiger partial charge in [0.2, 0.25) is 5.91 Å². The summed E-state index contributed by atoms with van der Waals surface area (Å²) in [6.45, 7) is 0. The molecule has 3 aromatic carbocycles. The minimum atomic E-state index is -0.821. The number of aromatic nitrogens is 1. The Morgan fingerprint density at radius 3 is 2.20 bits per heavy atom. The fraction of sp³-hybridized carbons (Fsp3) is 0.353. The van der Waals surface area contributed by atoms with E-state index in [-0.39, 0.29) is 5.91 Å². The molecule has 0 aliphatic heterocycles. The normalized spacial score (nSPS) is 25.4. The van der Waals surface area contributed by atoms with Crippen molar-refractivity contribution in [2.45, 2.75) is 56.4 Å². The smallest absolute Gasteiger partial charge is 0.410 e. The Morgan fingerprint density at radius 2 is 1.50 bits per heavy atom. The number of amides is 2. The van der Waals surface area contributed by atoms with Gasteiger partial charge in [-0.05, 0) is 103 Å². The van der Waals surface area contributed by atoms with E-state index < -0.39 is 12.1 Å². The average Bonchev–Trinajstić information content (AvgIpc) is 3.35. The fourth-order valence-corrected chi connectivity index (χ4v) is 8.10. The summed E-state index contributed by atoms with van der Waals surface area (Å²) in [5, 5.41) is 6.88. The summed E-state index contributed by atoms with van der Waals surface area (Å²) in [6, 6.07) is 24.5.